The van der Waals surface area contributed by atoms with Crippen LogP contribution < -0.4 is 5.32 Å². The molecule has 31 heavy (non-hydrogen) atoms. The third-order valence-electron chi connectivity index (χ3n) is 5.25. The molecular formula is C22H28N6O2S. The zero-order valence-corrected chi connectivity index (χ0v) is 19.0. The molecule has 4 rings (SSSR count). The van der Waals surface area contributed by atoms with Crippen molar-refractivity contribution in [1.82, 2.24) is 24.9 Å². The molecule has 1 amide bonds. The summed E-state index contributed by atoms with van der Waals surface area (Å²) in [5.41, 5.74) is 2.75. The van der Waals surface area contributed by atoms with E-state index in [4.69, 9.17) is 4.52 Å². The van der Waals surface area contributed by atoms with Crippen LogP contribution in [0.2, 0.25) is 0 Å². The second kappa shape index (κ2) is 9.67. The minimum absolute atomic E-state index is 0.00136. The number of thiazole rings is 1. The van der Waals surface area contributed by atoms with Crippen LogP contribution in [0.15, 0.2) is 34.2 Å². The monoisotopic (exact) mass is 440 g/mol. The van der Waals surface area contributed by atoms with Crippen LogP contribution in [0.1, 0.15) is 36.5 Å². The largest absolute Gasteiger partial charge is 0.338 e. The maximum Gasteiger partial charge on any atom is 0.240 e. The number of nitrogens with zero attached hydrogens (tertiary/aromatic N) is 5. The molecule has 0 bridgehead atoms. The lowest BCUT2D eigenvalue weighted by molar-refractivity contribution is -0.117. The van der Waals surface area contributed by atoms with Crippen LogP contribution in [-0.2, 0) is 11.3 Å². The van der Waals surface area contributed by atoms with E-state index in [0.29, 0.717) is 19.0 Å². The van der Waals surface area contributed by atoms with Crippen LogP contribution in [0, 0.1) is 6.92 Å². The molecule has 1 fully saturated rings. The van der Waals surface area contributed by atoms with Gasteiger partial charge >= 0.3 is 0 Å². The highest BCUT2D eigenvalue weighted by atomic mass is 32.1. The van der Waals surface area contributed by atoms with Gasteiger partial charge in [-0.15, -0.1) is 11.3 Å². The number of nitrogens with one attached hydrogen (secondary N) is 1. The molecule has 9 heteroatoms. The molecule has 0 unspecified atom stereocenters. The van der Waals surface area contributed by atoms with Gasteiger partial charge in [0.2, 0.25) is 11.8 Å². The van der Waals surface area contributed by atoms with E-state index in [1.54, 1.807) is 11.3 Å². The molecule has 1 saturated heterocycles. The lowest BCUT2D eigenvalue weighted by Crippen LogP contribution is -2.48. The summed E-state index contributed by atoms with van der Waals surface area (Å²) in [6, 6.07) is 7.84. The highest BCUT2D eigenvalue weighted by Gasteiger charge is 2.21. The third-order valence-corrected chi connectivity index (χ3v) is 6.03. The number of aromatic nitrogens is 3. The van der Waals surface area contributed by atoms with Crippen LogP contribution in [0.5, 0.6) is 0 Å². The van der Waals surface area contributed by atoms with Gasteiger partial charge in [-0.2, -0.15) is 4.98 Å². The fourth-order valence-electron chi connectivity index (χ4n) is 3.52. The summed E-state index contributed by atoms with van der Waals surface area (Å²) in [5, 5.41) is 10.1. The lowest BCUT2D eigenvalue weighted by atomic mass is 10.1. The Morgan fingerprint density at radius 3 is 2.65 bits per heavy atom. The highest BCUT2D eigenvalue weighted by Crippen LogP contribution is 2.24. The number of anilines is 1. The van der Waals surface area contributed by atoms with Crippen molar-refractivity contribution in [2.75, 3.05) is 38.0 Å². The number of amides is 1. The zero-order chi connectivity index (χ0) is 21.8. The van der Waals surface area contributed by atoms with Crippen molar-refractivity contribution in [3.63, 3.8) is 0 Å². The lowest BCUT2D eigenvalue weighted by Gasteiger charge is -2.33. The molecule has 0 atom stereocenters. The van der Waals surface area contributed by atoms with Gasteiger partial charge in [-0.05, 0) is 19.1 Å². The van der Waals surface area contributed by atoms with E-state index in [-0.39, 0.29) is 11.8 Å². The predicted octanol–water partition coefficient (Wildman–Crippen LogP) is 3.38. The Labute approximate surface area is 186 Å². The molecule has 0 saturated carbocycles. The average Bonchev–Trinajstić information content (AvgIpc) is 3.39. The van der Waals surface area contributed by atoms with Crippen LogP contribution in [0.3, 0.4) is 0 Å². The van der Waals surface area contributed by atoms with Crippen molar-refractivity contribution >= 4 is 22.9 Å². The van der Waals surface area contributed by atoms with Gasteiger partial charge in [-0.1, -0.05) is 31.1 Å². The van der Waals surface area contributed by atoms with Crippen LogP contribution in [0.25, 0.3) is 11.3 Å². The quantitative estimate of drug-likeness (QED) is 0.603. The van der Waals surface area contributed by atoms with E-state index in [1.807, 2.05) is 36.6 Å². The molecule has 0 aliphatic carbocycles. The van der Waals surface area contributed by atoms with E-state index >= 15 is 0 Å². The first-order valence-corrected chi connectivity index (χ1v) is 11.4. The summed E-state index contributed by atoms with van der Waals surface area (Å²) < 4.78 is 5.35. The Morgan fingerprint density at radius 1 is 1.19 bits per heavy atom. The van der Waals surface area contributed by atoms with Crippen molar-refractivity contribution in [3.05, 3.63) is 46.4 Å². The maximum absolute atomic E-state index is 12.6. The standard InChI is InChI=1S/C22H28N6O2S/c1-15(2)22-25-21(30-26-22)13-28-9-7-27(8-10-28)12-20(29)24-18-6-4-5-17(11-18)19-14-31-16(3)23-19/h4-6,11,14-15H,7-10,12-13H2,1-3H3,(H,24,29). The average molecular weight is 441 g/mol. The SMILES string of the molecule is Cc1nc(-c2cccc(NC(=O)CN3CCN(Cc4nc(C(C)C)no4)CC3)c2)cs1. The van der Waals surface area contributed by atoms with Crippen molar-refractivity contribution in [2.24, 2.45) is 0 Å². The molecule has 0 radical (unpaired) electrons. The molecular weight excluding hydrogens is 412 g/mol. The number of hydrogen-bond donors (Lipinski definition) is 1. The van der Waals surface area contributed by atoms with Gasteiger partial charge in [0.25, 0.3) is 0 Å². The predicted molar refractivity (Wildman–Crippen MR) is 121 cm³/mol. The Bertz CT molecular complexity index is 1020. The van der Waals surface area contributed by atoms with Crippen molar-refractivity contribution in [1.29, 1.82) is 0 Å². The molecule has 1 aromatic carbocycles. The molecule has 2 aromatic heterocycles. The summed E-state index contributed by atoms with van der Waals surface area (Å²) in [4.78, 5) is 26.0. The molecule has 0 spiro atoms. The Hall–Kier alpha value is -2.62. The number of hydrogen-bond acceptors (Lipinski definition) is 8. The summed E-state index contributed by atoms with van der Waals surface area (Å²) in [5.74, 6) is 1.67. The Kier molecular flexibility index (Phi) is 6.74. The number of carbonyl (C=O) groups excluding carboxylic acids is 1. The van der Waals surface area contributed by atoms with Gasteiger partial charge in [-0.25, -0.2) is 4.98 Å². The molecule has 1 aliphatic rings. The number of benzene rings is 1. The summed E-state index contributed by atoms with van der Waals surface area (Å²) in [6.45, 7) is 10.5. The first-order chi connectivity index (χ1) is 15.0. The fraction of sp³-hybridized carbons (Fsp3) is 0.455. The maximum atomic E-state index is 12.6. The summed E-state index contributed by atoms with van der Waals surface area (Å²) >= 11 is 1.62. The summed E-state index contributed by atoms with van der Waals surface area (Å²) in [6.07, 6.45) is 0. The molecule has 8 nitrogen and oxygen atoms in total. The summed E-state index contributed by atoms with van der Waals surface area (Å²) in [7, 11) is 0. The van der Waals surface area contributed by atoms with Crippen molar-refractivity contribution in [2.45, 2.75) is 33.2 Å². The third kappa shape index (κ3) is 5.75. The van der Waals surface area contributed by atoms with E-state index in [2.05, 4.69) is 44.1 Å². The van der Waals surface area contributed by atoms with Gasteiger partial charge in [0.1, 0.15) is 0 Å². The van der Waals surface area contributed by atoms with Crippen molar-refractivity contribution < 1.29 is 9.32 Å². The smallest absolute Gasteiger partial charge is 0.240 e. The van der Waals surface area contributed by atoms with Gasteiger partial charge < -0.3 is 9.84 Å². The van der Waals surface area contributed by atoms with Gasteiger partial charge in [0, 0.05) is 48.7 Å². The van der Waals surface area contributed by atoms with Gasteiger partial charge in [0.15, 0.2) is 5.82 Å². The normalized spacial score (nSPS) is 15.5. The first kappa shape index (κ1) is 21.6. The topological polar surface area (TPSA) is 87.4 Å². The molecule has 3 heterocycles. The highest BCUT2D eigenvalue weighted by molar-refractivity contribution is 7.09. The Balaban J connectivity index is 1.25. The Morgan fingerprint density at radius 2 is 1.97 bits per heavy atom. The van der Waals surface area contributed by atoms with Crippen LogP contribution in [0.4, 0.5) is 5.69 Å². The fourth-order valence-corrected chi connectivity index (χ4v) is 4.14. The number of aryl methyl sites for hydroxylation is 1. The number of piperazine rings is 1. The minimum atomic E-state index is -0.00136. The van der Waals surface area contributed by atoms with E-state index in [1.165, 1.54) is 0 Å². The van der Waals surface area contributed by atoms with Crippen LogP contribution >= 0.6 is 11.3 Å². The second-order valence-corrected chi connectivity index (χ2v) is 9.20. The number of rotatable bonds is 7. The van der Waals surface area contributed by atoms with E-state index in [0.717, 1.165) is 54.0 Å². The van der Waals surface area contributed by atoms with Gasteiger partial charge in [-0.3, -0.25) is 14.6 Å². The minimum Gasteiger partial charge on any atom is -0.338 e. The zero-order valence-electron chi connectivity index (χ0n) is 18.2. The molecule has 1 aliphatic heterocycles. The first-order valence-electron chi connectivity index (χ1n) is 10.6. The molecule has 164 valence electrons. The van der Waals surface area contributed by atoms with Gasteiger partial charge in [0.05, 0.1) is 23.8 Å². The van der Waals surface area contributed by atoms with E-state index in [9.17, 15) is 4.79 Å². The molecule has 3 aromatic rings. The van der Waals surface area contributed by atoms with Crippen LogP contribution in [-0.4, -0.2) is 63.6 Å². The second-order valence-electron chi connectivity index (χ2n) is 8.13. The van der Waals surface area contributed by atoms with E-state index < -0.39 is 0 Å². The molecule has 1 N–H and O–H groups in total. The van der Waals surface area contributed by atoms with Crippen molar-refractivity contribution in [3.8, 4) is 11.3 Å². The number of carbonyl (C=O) groups is 1.